The molecule has 0 aliphatic rings. The summed E-state index contributed by atoms with van der Waals surface area (Å²) in [6.45, 7) is 8.08. The van der Waals surface area contributed by atoms with Crippen LogP contribution < -0.4 is 0 Å². The van der Waals surface area contributed by atoms with Gasteiger partial charge in [0.1, 0.15) is 36.6 Å². The summed E-state index contributed by atoms with van der Waals surface area (Å²) in [4.78, 5) is 60.9. The Bertz CT molecular complexity index is 448. The molecule has 29 heavy (non-hydrogen) atoms. The van der Waals surface area contributed by atoms with Crippen molar-refractivity contribution in [2.75, 3.05) is 21.3 Å². The van der Waals surface area contributed by atoms with E-state index in [1.165, 1.54) is 42.1 Å². The van der Waals surface area contributed by atoms with E-state index in [0.717, 1.165) is 25.2 Å². The van der Waals surface area contributed by atoms with Crippen LogP contribution in [0.3, 0.4) is 0 Å². The fraction of sp³-hybridized carbons (Fsp3) is 0.667. The van der Waals surface area contributed by atoms with E-state index in [9.17, 15) is 28.8 Å². The Hall–Kier alpha value is -1.74. The summed E-state index contributed by atoms with van der Waals surface area (Å²) in [5.74, 6) is -1.93. The summed E-state index contributed by atoms with van der Waals surface area (Å²) < 4.78 is 17.4. The first-order chi connectivity index (χ1) is 13.3. The molecular formula is C18H31O10Zr. The van der Waals surface area contributed by atoms with Gasteiger partial charge in [-0.05, 0) is 20.8 Å². The van der Waals surface area contributed by atoms with Crippen LogP contribution in [-0.4, -0.2) is 62.7 Å². The van der Waals surface area contributed by atoms with Gasteiger partial charge in [-0.3, -0.25) is 28.8 Å². The van der Waals surface area contributed by atoms with Crippen LogP contribution in [0.4, 0.5) is 0 Å². The van der Waals surface area contributed by atoms with Gasteiger partial charge in [0.05, 0.1) is 21.3 Å². The second kappa shape index (κ2) is 24.3. The van der Waals surface area contributed by atoms with Gasteiger partial charge in [0.25, 0.3) is 0 Å². The fourth-order valence-electron chi connectivity index (χ4n) is 0.826. The zero-order chi connectivity index (χ0) is 24.0. The average Bonchev–Trinajstić information content (AvgIpc) is 2.61. The van der Waals surface area contributed by atoms with Crippen molar-refractivity contribution in [3.05, 3.63) is 0 Å². The predicted molar refractivity (Wildman–Crippen MR) is 98.2 cm³/mol. The summed E-state index contributed by atoms with van der Waals surface area (Å²) in [6.07, 6.45) is 0.0805. The fourth-order valence-corrected chi connectivity index (χ4v) is 0.826. The maximum Gasteiger partial charge on any atom is 0.313 e. The third kappa shape index (κ3) is 46.4. The molecule has 0 radical (unpaired) electrons. The van der Waals surface area contributed by atoms with Gasteiger partial charge >= 0.3 is 65.8 Å². The molecule has 0 unspecified atom stereocenters. The molecule has 0 heterocycles. The first-order valence-corrected chi connectivity index (χ1v) is 9.28. The van der Waals surface area contributed by atoms with Crippen molar-refractivity contribution in [2.24, 2.45) is 0 Å². The van der Waals surface area contributed by atoms with E-state index in [1.54, 1.807) is 0 Å². The number of hydrogen-bond acceptors (Lipinski definition) is 10. The van der Waals surface area contributed by atoms with Gasteiger partial charge in [0, 0.05) is 0 Å². The Kier molecular flexibility index (Phi) is 29.1. The first-order valence-electron chi connectivity index (χ1n) is 8.28. The van der Waals surface area contributed by atoms with E-state index in [0.29, 0.717) is 6.10 Å². The number of carbonyl (C=O) groups excluding carboxylic acids is 6. The zero-order valence-corrected chi connectivity index (χ0v) is 20.7. The van der Waals surface area contributed by atoms with Crippen LogP contribution in [0.2, 0.25) is 0 Å². The van der Waals surface area contributed by atoms with Gasteiger partial charge in [0.2, 0.25) is 0 Å². The summed E-state index contributed by atoms with van der Waals surface area (Å²) in [6, 6.07) is 0. The molecule has 0 aliphatic heterocycles. The molecule has 0 aromatic heterocycles. The quantitative estimate of drug-likeness (QED) is 0.286. The minimum Gasteiger partial charge on any atom is -0.469 e. The number of ether oxygens (including phenoxy) is 3. The second-order valence-electron chi connectivity index (χ2n) is 5.53. The Labute approximate surface area is 187 Å². The molecule has 0 saturated carbocycles. The maximum absolute atomic E-state index is 10.2. The molecule has 0 aliphatic carbocycles. The molecule has 0 atom stereocenters. The third-order valence-corrected chi connectivity index (χ3v) is 3.26. The van der Waals surface area contributed by atoms with Gasteiger partial charge < -0.3 is 14.2 Å². The van der Waals surface area contributed by atoms with Crippen molar-refractivity contribution in [3.8, 4) is 0 Å². The summed E-state index contributed by atoms with van der Waals surface area (Å²) in [7, 11) is 3.77. The van der Waals surface area contributed by atoms with E-state index in [-0.39, 0.29) is 36.6 Å². The zero-order valence-electron chi connectivity index (χ0n) is 18.3. The molecular weight excluding hydrogens is 467 g/mol. The molecule has 0 aromatic rings. The Morgan fingerprint density at radius 1 is 0.621 bits per heavy atom. The smallest absolute Gasteiger partial charge is 0.313 e. The number of esters is 3. The van der Waals surface area contributed by atoms with Gasteiger partial charge in [-0.15, -0.1) is 0 Å². The van der Waals surface area contributed by atoms with Crippen molar-refractivity contribution in [3.63, 3.8) is 0 Å². The molecule has 10 nitrogen and oxygen atoms in total. The minimum atomic E-state index is -0.475. The third-order valence-electron chi connectivity index (χ3n) is 2.10. The summed E-state index contributed by atoms with van der Waals surface area (Å²) >= 11 is 1.16. The van der Waals surface area contributed by atoms with Crippen LogP contribution in [0.5, 0.6) is 0 Å². The Morgan fingerprint density at radius 2 is 0.793 bits per heavy atom. The van der Waals surface area contributed by atoms with E-state index >= 15 is 0 Å². The maximum atomic E-state index is 10.2. The molecule has 0 N–H and O–H groups in total. The number of Topliss-reactive ketones (excluding diaryl/α,β-unsaturated/α-hetero) is 3. The van der Waals surface area contributed by atoms with E-state index in [2.05, 4.69) is 14.2 Å². The monoisotopic (exact) mass is 497 g/mol. The standard InChI is InChI=1S/3C5H8O3.C3H7O.Zr/c3*1-4(6)3-5(7)8-2;1-3(2)4;/h3*3H2,1-2H3;3H,1-2H3;/q;;;-1;+1. The number of rotatable bonds is 7. The summed E-state index contributed by atoms with van der Waals surface area (Å²) in [5.41, 5.74) is 0. The van der Waals surface area contributed by atoms with E-state index < -0.39 is 17.9 Å². The molecule has 0 bridgehead atoms. The summed E-state index contributed by atoms with van der Waals surface area (Å²) in [5, 5.41) is 0. The Balaban J connectivity index is -0.000000146. The minimum absolute atomic E-state index is 0.115. The molecule has 0 aromatic carbocycles. The van der Waals surface area contributed by atoms with E-state index in [4.69, 9.17) is 2.81 Å². The van der Waals surface area contributed by atoms with Crippen molar-refractivity contribution >= 4 is 35.3 Å². The van der Waals surface area contributed by atoms with Crippen LogP contribution in [0.25, 0.3) is 0 Å². The molecule has 0 amide bonds. The number of ketones is 3. The first kappa shape index (κ1) is 34.7. The van der Waals surface area contributed by atoms with Crippen LogP contribution >= 0.6 is 0 Å². The predicted octanol–water partition coefficient (Wildman–Crippen LogP) is 1.29. The molecule has 0 spiro atoms. The van der Waals surface area contributed by atoms with Crippen molar-refractivity contribution in [2.45, 2.75) is 60.0 Å². The molecule has 0 fully saturated rings. The van der Waals surface area contributed by atoms with Crippen molar-refractivity contribution in [1.29, 1.82) is 0 Å². The molecule has 0 saturated heterocycles. The van der Waals surface area contributed by atoms with Gasteiger partial charge in [-0.25, -0.2) is 0 Å². The molecule has 0 rings (SSSR count). The van der Waals surface area contributed by atoms with Gasteiger partial charge in [-0.1, -0.05) is 0 Å². The Morgan fingerprint density at radius 3 is 0.828 bits per heavy atom. The number of hydrogen-bond donors (Lipinski definition) is 0. The normalized spacial score (nSPS) is 8.41. The van der Waals surface area contributed by atoms with Crippen LogP contribution in [-0.2, 0) is 71.0 Å². The van der Waals surface area contributed by atoms with Crippen LogP contribution in [0, 0.1) is 0 Å². The second-order valence-corrected chi connectivity index (χ2v) is 6.11. The van der Waals surface area contributed by atoms with Gasteiger partial charge in [-0.2, -0.15) is 0 Å². The molecule has 11 heteroatoms. The van der Waals surface area contributed by atoms with E-state index in [1.807, 2.05) is 13.8 Å². The SMILES string of the molecule is CC(C)[O][Zr].COC(=O)CC(C)=O.COC(=O)CC(C)=O.COC(=O)CC(C)=O. The van der Waals surface area contributed by atoms with Crippen molar-refractivity contribution < 1.29 is 71.0 Å². The molecule has 167 valence electrons. The van der Waals surface area contributed by atoms with Crippen LogP contribution in [0.15, 0.2) is 0 Å². The number of methoxy groups -OCH3 is 3. The largest absolute Gasteiger partial charge is 0.469 e. The van der Waals surface area contributed by atoms with Crippen molar-refractivity contribution in [1.82, 2.24) is 0 Å². The topological polar surface area (TPSA) is 139 Å². The van der Waals surface area contributed by atoms with Crippen LogP contribution in [0.1, 0.15) is 53.9 Å². The average molecular weight is 499 g/mol. The van der Waals surface area contributed by atoms with Gasteiger partial charge in [0.15, 0.2) is 0 Å². The number of carbonyl (C=O) groups is 6.